The predicted octanol–water partition coefficient (Wildman–Crippen LogP) is 3.42. The number of fused-ring (bicyclic) bond motifs is 1. The van der Waals surface area contributed by atoms with Gasteiger partial charge in [0.15, 0.2) is 5.82 Å². The number of nitrogens with one attached hydrogen (secondary N) is 2. The van der Waals surface area contributed by atoms with Crippen molar-refractivity contribution >= 4 is 24.0 Å². The zero-order valence-electron chi connectivity index (χ0n) is 15.8. The maximum Gasteiger partial charge on any atom is 0.227 e. The molecule has 2 aliphatic rings. The molecule has 0 radical (unpaired) electrons. The number of rotatable bonds is 3. The molecule has 6 nitrogen and oxygen atoms in total. The predicted molar refractivity (Wildman–Crippen MR) is 109 cm³/mol. The number of hydrogen-bond donors (Lipinski definition) is 2. The Morgan fingerprint density at radius 1 is 1.26 bits per heavy atom. The first-order valence-corrected chi connectivity index (χ1v) is 9.77. The van der Waals surface area contributed by atoms with Gasteiger partial charge < -0.3 is 15.2 Å². The standard InChI is InChI=1S/C20H27N5O.ClH/c1-14-12-16(9-10-21-14)20(26)22-17-7-5-6-15(13-17)19-24-23-18-8-3-2-4-11-25(18)19;/h5-7,13-14,16,21H,2-4,8-12H2,1H3,(H,22,26);1H/t14-,16-;/m0./s1. The van der Waals surface area contributed by atoms with E-state index in [0.29, 0.717) is 6.04 Å². The second-order valence-corrected chi connectivity index (χ2v) is 7.55. The molecule has 2 N–H and O–H groups in total. The molecule has 3 heterocycles. The van der Waals surface area contributed by atoms with Gasteiger partial charge in [0.1, 0.15) is 5.82 Å². The molecule has 146 valence electrons. The van der Waals surface area contributed by atoms with Crippen molar-refractivity contribution in [3.8, 4) is 11.4 Å². The smallest absolute Gasteiger partial charge is 0.227 e. The lowest BCUT2D eigenvalue weighted by atomic mass is 9.92. The Bertz CT molecular complexity index is 790. The molecule has 27 heavy (non-hydrogen) atoms. The van der Waals surface area contributed by atoms with Crippen molar-refractivity contribution < 1.29 is 4.79 Å². The minimum absolute atomic E-state index is 0. The third-order valence-corrected chi connectivity index (χ3v) is 5.49. The summed E-state index contributed by atoms with van der Waals surface area (Å²) in [6.45, 7) is 4.02. The van der Waals surface area contributed by atoms with Crippen LogP contribution in [0.3, 0.4) is 0 Å². The van der Waals surface area contributed by atoms with Crippen LogP contribution >= 0.6 is 12.4 Å². The van der Waals surface area contributed by atoms with Gasteiger partial charge >= 0.3 is 0 Å². The summed E-state index contributed by atoms with van der Waals surface area (Å²) in [5, 5.41) is 15.3. The molecule has 2 aromatic rings. The third-order valence-electron chi connectivity index (χ3n) is 5.49. The molecule has 1 aromatic heterocycles. The minimum Gasteiger partial charge on any atom is -0.326 e. The van der Waals surface area contributed by atoms with Crippen molar-refractivity contribution in [2.24, 2.45) is 5.92 Å². The van der Waals surface area contributed by atoms with E-state index in [2.05, 4.69) is 32.3 Å². The molecule has 1 saturated heterocycles. The number of benzene rings is 1. The SMILES string of the molecule is C[C@H]1C[C@@H](C(=O)Nc2cccc(-c3nnc4n3CCCCC4)c2)CCN1.Cl. The number of anilines is 1. The number of carbonyl (C=O) groups is 1. The Morgan fingerprint density at radius 2 is 2.15 bits per heavy atom. The van der Waals surface area contributed by atoms with Crippen LogP contribution in [0.25, 0.3) is 11.4 Å². The second kappa shape index (κ2) is 8.85. The average Bonchev–Trinajstić information content (AvgIpc) is 2.90. The number of carbonyl (C=O) groups excluding carboxylic acids is 1. The van der Waals surface area contributed by atoms with Crippen LogP contribution < -0.4 is 10.6 Å². The first kappa shape index (κ1) is 19.8. The largest absolute Gasteiger partial charge is 0.326 e. The van der Waals surface area contributed by atoms with Gasteiger partial charge in [-0.15, -0.1) is 22.6 Å². The Morgan fingerprint density at radius 3 is 3.00 bits per heavy atom. The van der Waals surface area contributed by atoms with Crippen LogP contribution in [0, 0.1) is 5.92 Å². The highest BCUT2D eigenvalue weighted by Gasteiger charge is 2.25. The summed E-state index contributed by atoms with van der Waals surface area (Å²) in [4.78, 5) is 12.6. The number of halogens is 1. The van der Waals surface area contributed by atoms with Crippen LogP contribution in [0.1, 0.15) is 44.9 Å². The molecular weight excluding hydrogens is 362 g/mol. The molecule has 1 aromatic carbocycles. The quantitative estimate of drug-likeness (QED) is 0.843. The molecule has 0 unspecified atom stereocenters. The highest BCUT2D eigenvalue weighted by molar-refractivity contribution is 5.93. The van der Waals surface area contributed by atoms with Crippen molar-refractivity contribution in [3.05, 3.63) is 30.1 Å². The van der Waals surface area contributed by atoms with Gasteiger partial charge in [0, 0.05) is 36.2 Å². The van der Waals surface area contributed by atoms with Crippen molar-refractivity contribution in [2.45, 2.75) is 58.0 Å². The fourth-order valence-electron chi connectivity index (χ4n) is 4.05. The molecule has 0 bridgehead atoms. The highest BCUT2D eigenvalue weighted by Crippen LogP contribution is 2.26. The van der Waals surface area contributed by atoms with Gasteiger partial charge in [0.25, 0.3) is 0 Å². The van der Waals surface area contributed by atoms with E-state index in [9.17, 15) is 4.79 Å². The maximum absolute atomic E-state index is 12.6. The average molecular weight is 390 g/mol. The molecule has 0 spiro atoms. The molecule has 2 aliphatic heterocycles. The van der Waals surface area contributed by atoms with Crippen LogP contribution in [0.15, 0.2) is 24.3 Å². The topological polar surface area (TPSA) is 71.8 Å². The number of amides is 1. The molecule has 1 fully saturated rings. The van der Waals surface area contributed by atoms with Gasteiger partial charge in [0.05, 0.1) is 0 Å². The molecule has 0 saturated carbocycles. The molecular formula is C20H28ClN5O. The minimum atomic E-state index is 0. The van der Waals surface area contributed by atoms with E-state index < -0.39 is 0 Å². The van der Waals surface area contributed by atoms with E-state index in [1.807, 2.05) is 24.3 Å². The van der Waals surface area contributed by atoms with Crippen LogP contribution in [-0.4, -0.2) is 33.3 Å². The molecule has 2 atom stereocenters. The molecule has 4 rings (SSSR count). The monoisotopic (exact) mass is 389 g/mol. The first-order valence-electron chi connectivity index (χ1n) is 9.77. The van der Waals surface area contributed by atoms with Gasteiger partial charge in [-0.3, -0.25) is 4.79 Å². The molecule has 0 aliphatic carbocycles. The third kappa shape index (κ3) is 4.50. The normalized spacial score (nSPS) is 22.3. The van der Waals surface area contributed by atoms with Crippen molar-refractivity contribution in [1.82, 2.24) is 20.1 Å². The van der Waals surface area contributed by atoms with Crippen LogP contribution in [0.4, 0.5) is 5.69 Å². The van der Waals surface area contributed by atoms with E-state index in [4.69, 9.17) is 0 Å². The summed E-state index contributed by atoms with van der Waals surface area (Å²) in [5.41, 5.74) is 1.85. The van der Waals surface area contributed by atoms with Crippen LogP contribution in [-0.2, 0) is 17.8 Å². The van der Waals surface area contributed by atoms with E-state index in [0.717, 1.165) is 55.3 Å². The first-order chi connectivity index (χ1) is 12.7. The van der Waals surface area contributed by atoms with Gasteiger partial charge in [-0.25, -0.2) is 0 Å². The van der Waals surface area contributed by atoms with Crippen LogP contribution in [0.2, 0.25) is 0 Å². The zero-order valence-corrected chi connectivity index (χ0v) is 16.6. The van der Waals surface area contributed by atoms with E-state index in [1.165, 1.54) is 19.3 Å². The summed E-state index contributed by atoms with van der Waals surface area (Å²) >= 11 is 0. The lowest BCUT2D eigenvalue weighted by molar-refractivity contribution is -0.120. The fraction of sp³-hybridized carbons (Fsp3) is 0.550. The van der Waals surface area contributed by atoms with Gasteiger partial charge in [-0.2, -0.15) is 0 Å². The maximum atomic E-state index is 12.6. The molecule has 7 heteroatoms. The fourth-order valence-corrected chi connectivity index (χ4v) is 4.05. The van der Waals surface area contributed by atoms with Crippen molar-refractivity contribution in [1.29, 1.82) is 0 Å². The number of hydrogen-bond acceptors (Lipinski definition) is 4. The lowest BCUT2D eigenvalue weighted by Crippen LogP contribution is -2.40. The van der Waals surface area contributed by atoms with Gasteiger partial charge in [0.2, 0.25) is 5.91 Å². The van der Waals surface area contributed by atoms with Gasteiger partial charge in [-0.05, 0) is 51.3 Å². The van der Waals surface area contributed by atoms with Gasteiger partial charge in [-0.1, -0.05) is 18.6 Å². The lowest BCUT2D eigenvalue weighted by Gasteiger charge is -2.27. The number of aryl methyl sites for hydroxylation is 1. The highest BCUT2D eigenvalue weighted by atomic mass is 35.5. The number of piperidine rings is 1. The number of aromatic nitrogens is 3. The van der Waals surface area contributed by atoms with E-state index >= 15 is 0 Å². The van der Waals surface area contributed by atoms with E-state index in [-0.39, 0.29) is 24.2 Å². The summed E-state index contributed by atoms with van der Waals surface area (Å²) in [5.74, 6) is 2.19. The van der Waals surface area contributed by atoms with Crippen LogP contribution in [0.5, 0.6) is 0 Å². The Labute approximate surface area is 166 Å². The Kier molecular flexibility index (Phi) is 6.50. The summed E-state index contributed by atoms with van der Waals surface area (Å²) in [6.07, 6.45) is 6.38. The van der Waals surface area contributed by atoms with E-state index in [1.54, 1.807) is 0 Å². The Hall–Kier alpha value is -1.92. The summed E-state index contributed by atoms with van der Waals surface area (Å²) < 4.78 is 2.24. The van der Waals surface area contributed by atoms with Crippen molar-refractivity contribution in [2.75, 3.05) is 11.9 Å². The van der Waals surface area contributed by atoms with Crippen molar-refractivity contribution in [3.63, 3.8) is 0 Å². The zero-order chi connectivity index (χ0) is 17.9. The summed E-state index contributed by atoms with van der Waals surface area (Å²) in [6, 6.07) is 8.40. The Balaban J connectivity index is 0.00000210. The summed E-state index contributed by atoms with van der Waals surface area (Å²) in [7, 11) is 0. The number of nitrogens with zero attached hydrogens (tertiary/aromatic N) is 3. The molecule has 1 amide bonds. The second-order valence-electron chi connectivity index (χ2n) is 7.55.